The summed E-state index contributed by atoms with van der Waals surface area (Å²) in [6, 6.07) is 0.594. The molecule has 0 bridgehead atoms. The quantitative estimate of drug-likeness (QED) is 0.720. The van der Waals surface area contributed by atoms with E-state index in [-0.39, 0.29) is 0 Å². The van der Waals surface area contributed by atoms with E-state index in [1.165, 1.54) is 36.6 Å². The van der Waals surface area contributed by atoms with Gasteiger partial charge in [-0.1, -0.05) is 12.8 Å². The van der Waals surface area contributed by atoms with Crippen LogP contribution in [0.25, 0.3) is 11.0 Å². The first-order valence-electron chi connectivity index (χ1n) is 6.18. The monoisotopic (exact) mass is 249 g/mol. The van der Waals surface area contributed by atoms with Gasteiger partial charge in [0.05, 0.1) is 5.69 Å². The fourth-order valence-electron chi connectivity index (χ4n) is 2.97. The van der Waals surface area contributed by atoms with Crippen LogP contribution < -0.4 is 0 Å². The summed E-state index contributed by atoms with van der Waals surface area (Å²) in [5.74, 6) is 0. The van der Waals surface area contributed by atoms with Gasteiger partial charge in [-0.05, 0) is 43.9 Å². The van der Waals surface area contributed by atoms with Crippen LogP contribution in [0.4, 0.5) is 0 Å². The minimum absolute atomic E-state index is 0.354. The summed E-state index contributed by atoms with van der Waals surface area (Å²) < 4.78 is 2.30. The standard InChI is InChI=1S/C13H16ClN3/c1-8-7-17(10-5-3-4-6-10)12-11(8)9(2)15-13(14)16-12/h7,10H,3-6H2,1-2H3. The molecule has 0 spiro atoms. The summed E-state index contributed by atoms with van der Waals surface area (Å²) in [7, 11) is 0. The number of aryl methyl sites for hydroxylation is 2. The zero-order valence-corrected chi connectivity index (χ0v) is 11.0. The maximum absolute atomic E-state index is 5.98. The molecule has 90 valence electrons. The Bertz CT molecular complexity index is 568. The van der Waals surface area contributed by atoms with Gasteiger partial charge >= 0.3 is 0 Å². The molecule has 2 heterocycles. The van der Waals surface area contributed by atoms with Crippen LogP contribution >= 0.6 is 11.6 Å². The highest BCUT2D eigenvalue weighted by atomic mass is 35.5. The van der Waals surface area contributed by atoms with E-state index in [9.17, 15) is 0 Å². The van der Waals surface area contributed by atoms with Gasteiger partial charge in [0.25, 0.3) is 0 Å². The van der Waals surface area contributed by atoms with E-state index in [1.807, 2.05) is 6.92 Å². The SMILES string of the molecule is Cc1cn(C2CCCC2)c2nc(Cl)nc(C)c12. The van der Waals surface area contributed by atoms with Gasteiger partial charge in [-0.3, -0.25) is 0 Å². The molecule has 0 N–H and O–H groups in total. The minimum Gasteiger partial charge on any atom is -0.329 e. The molecule has 3 nitrogen and oxygen atoms in total. The van der Waals surface area contributed by atoms with Gasteiger partial charge < -0.3 is 4.57 Å². The number of nitrogens with zero attached hydrogens (tertiary/aromatic N) is 3. The number of fused-ring (bicyclic) bond motifs is 1. The maximum atomic E-state index is 5.98. The van der Waals surface area contributed by atoms with E-state index in [4.69, 9.17) is 11.6 Å². The first-order chi connectivity index (χ1) is 8.16. The van der Waals surface area contributed by atoms with Crippen molar-refractivity contribution >= 4 is 22.6 Å². The smallest absolute Gasteiger partial charge is 0.224 e. The molecule has 1 aliphatic rings. The molecule has 1 aliphatic carbocycles. The van der Waals surface area contributed by atoms with Crippen molar-refractivity contribution < 1.29 is 0 Å². The highest BCUT2D eigenvalue weighted by Crippen LogP contribution is 2.34. The number of aromatic nitrogens is 3. The third-order valence-corrected chi connectivity index (χ3v) is 3.90. The van der Waals surface area contributed by atoms with Gasteiger partial charge in [-0.2, -0.15) is 4.98 Å². The predicted molar refractivity (Wildman–Crippen MR) is 69.5 cm³/mol. The van der Waals surface area contributed by atoms with Crippen molar-refractivity contribution in [3.8, 4) is 0 Å². The van der Waals surface area contributed by atoms with Gasteiger partial charge in [-0.25, -0.2) is 4.98 Å². The van der Waals surface area contributed by atoms with Crippen molar-refractivity contribution in [2.75, 3.05) is 0 Å². The van der Waals surface area contributed by atoms with Crippen molar-refractivity contribution in [1.82, 2.24) is 14.5 Å². The van der Waals surface area contributed by atoms with Crippen LogP contribution in [0.2, 0.25) is 5.28 Å². The van der Waals surface area contributed by atoms with Crippen LogP contribution in [0.1, 0.15) is 43.0 Å². The predicted octanol–water partition coefficient (Wildman–Crippen LogP) is 3.82. The summed E-state index contributed by atoms with van der Waals surface area (Å²) in [6.07, 6.45) is 7.36. The Labute approximate surface area is 106 Å². The second kappa shape index (κ2) is 3.98. The number of halogens is 1. The van der Waals surface area contributed by atoms with Crippen molar-refractivity contribution in [3.05, 3.63) is 22.7 Å². The van der Waals surface area contributed by atoms with Crippen LogP contribution in [0.5, 0.6) is 0 Å². The second-order valence-electron chi connectivity index (χ2n) is 4.93. The van der Waals surface area contributed by atoms with E-state index in [2.05, 4.69) is 27.7 Å². The van der Waals surface area contributed by atoms with E-state index in [0.717, 1.165) is 11.3 Å². The van der Waals surface area contributed by atoms with Gasteiger partial charge in [0.1, 0.15) is 5.65 Å². The summed E-state index contributed by atoms with van der Waals surface area (Å²) in [5.41, 5.74) is 3.24. The summed E-state index contributed by atoms with van der Waals surface area (Å²) in [4.78, 5) is 8.66. The van der Waals surface area contributed by atoms with Crippen molar-refractivity contribution in [1.29, 1.82) is 0 Å². The Hall–Kier alpha value is -1.09. The average molecular weight is 250 g/mol. The molecule has 17 heavy (non-hydrogen) atoms. The van der Waals surface area contributed by atoms with Crippen LogP contribution in [0, 0.1) is 13.8 Å². The Morgan fingerprint density at radius 2 is 1.94 bits per heavy atom. The Morgan fingerprint density at radius 3 is 2.65 bits per heavy atom. The minimum atomic E-state index is 0.354. The molecule has 0 unspecified atom stereocenters. The molecule has 4 heteroatoms. The summed E-state index contributed by atoms with van der Waals surface area (Å²) in [5, 5.41) is 1.52. The molecule has 0 aromatic carbocycles. The summed E-state index contributed by atoms with van der Waals surface area (Å²) in [6.45, 7) is 4.12. The fraction of sp³-hybridized carbons (Fsp3) is 0.538. The van der Waals surface area contributed by atoms with E-state index in [0.29, 0.717) is 11.3 Å². The van der Waals surface area contributed by atoms with E-state index in [1.54, 1.807) is 0 Å². The zero-order valence-electron chi connectivity index (χ0n) is 10.2. The molecule has 0 aliphatic heterocycles. The molecule has 0 amide bonds. The largest absolute Gasteiger partial charge is 0.329 e. The molecular weight excluding hydrogens is 234 g/mol. The van der Waals surface area contributed by atoms with Crippen LogP contribution in [-0.4, -0.2) is 14.5 Å². The van der Waals surface area contributed by atoms with Gasteiger partial charge in [0.2, 0.25) is 5.28 Å². The number of hydrogen-bond acceptors (Lipinski definition) is 2. The normalized spacial score (nSPS) is 17.1. The fourth-order valence-corrected chi connectivity index (χ4v) is 3.17. The molecule has 2 aromatic rings. The summed E-state index contributed by atoms with van der Waals surface area (Å²) >= 11 is 5.98. The van der Waals surface area contributed by atoms with Gasteiger partial charge in [0, 0.05) is 17.6 Å². The lowest BCUT2D eigenvalue weighted by atomic mass is 10.2. The van der Waals surface area contributed by atoms with E-state index < -0.39 is 0 Å². The molecule has 1 fully saturated rings. The molecule has 0 radical (unpaired) electrons. The average Bonchev–Trinajstić information content (AvgIpc) is 2.85. The molecule has 2 aromatic heterocycles. The lowest BCUT2D eigenvalue weighted by Crippen LogP contribution is -2.04. The van der Waals surface area contributed by atoms with Crippen LogP contribution in [0.3, 0.4) is 0 Å². The Morgan fingerprint density at radius 1 is 1.24 bits per heavy atom. The first-order valence-corrected chi connectivity index (χ1v) is 6.56. The second-order valence-corrected chi connectivity index (χ2v) is 5.27. The van der Waals surface area contributed by atoms with Crippen LogP contribution in [0.15, 0.2) is 6.20 Å². The van der Waals surface area contributed by atoms with E-state index >= 15 is 0 Å². The number of rotatable bonds is 1. The molecule has 0 saturated heterocycles. The zero-order chi connectivity index (χ0) is 12.0. The van der Waals surface area contributed by atoms with Gasteiger partial charge in [0.15, 0.2) is 0 Å². The Kier molecular flexibility index (Phi) is 2.58. The van der Waals surface area contributed by atoms with Crippen LogP contribution in [-0.2, 0) is 0 Å². The molecule has 3 rings (SSSR count). The molecule has 1 saturated carbocycles. The van der Waals surface area contributed by atoms with Crippen molar-refractivity contribution in [3.63, 3.8) is 0 Å². The third kappa shape index (κ3) is 1.73. The maximum Gasteiger partial charge on any atom is 0.224 e. The first kappa shape index (κ1) is 11.0. The highest BCUT2D eigenvalue weighted by molar-refractivity contribution is 6.28. The Balaban J connectivity index is 2.25. The molecular formula is C13H16ClN3. The highest BCUT2D eigenvalue weighted by Gasteiger charge is 2.21. The topological polar surface area (TPSA) is 30.7 Å². The number of hydrogen-bond donors (Lipinski definition) is 0. The molecule has 0 atom stereocenters. The van der Waals surface area contributed by atoms with Crippen molar-refractivity contribution in [2.24, 2.45) is 0 Å². The lowest BCUT2D eigenvalue weighted by molar-refractivity contribution is 0.531. The third-order valence-electron chi connectivity index (χ3n) is 3.73. The van der Waals surface area contributed by atoms with Crippen molar-refractivity contribution in [2.45, 2.75) is 45.6 Å². The lowest BCUT2D eigenvalue weighted by Gasteiger charge is -2.12. The van der Waals surface area contributed by atoms with Gasteiger partial charge in [-0.15, -0.1) is 0 Å².